The normalized spacial score (nSPS) is 13.3. The molecule has 0 saturated heterocycles. The second-order valence-corrected chi connectivity index (χ2v) is 4.98. The van der Waals surface area contributed by atoms with Crippen LogP contribution < -0.4 is 11.1 Å². The van der Waals surface area contributed by atoms with Crippen LogP contribution in [0.1, 0.15) is 40.5 Å². The number of nitrogens with two attached hydrogens (primary N) is 1. The zero-order valence-electron chi connectivity index (χ0n) is 11.8. The molecule has 17 heavy (non-hydrogen) atoms. The summed E-state index contributed by atoms with van der Waals surface area (Å²) in [7, 11) is 0. The van der Waals surface area contributed by atoms with Crippen molar-refractivity contribution < 1.29 is 4.79 Å². The molecule has 3 N–H and O–H groups in total. The molecule has 0 rings (SSSR count). The van der Waals surface area contributed by atoms with Gasteiger partial charge in [-0.3, -0.25) is 4.79 Å². The molecule has 0 fully saturated rings. The van der Waals surface area contributed by atoms with E-state index in [2.05, 4.69) is 37.9 Å². The van der Waals surface area contributed by atoms with Crippen LogP contribution in [0.2, 0.25) is 0 Å². The van der Waals surface area contributed by atoms with Crippen molar-refractivity contribution in [3.8, 4) is 0 Å². The third-order valence-electron chi connectivity index (χ3n) is 2.79. The zero-order chi connectivity index (χ0) is 13.3. The molecular formula is C13H29N3O. The topological polar surface area (TPSA) is 58.4 Å². The molecule has 1 unspecified atom stereocenters. The van der Waals surface area contributed by atoms with E-state index in [4.69, 9.17) is 5.73 Å². The molecule has 0 aromatic rings. The van der Waals surface area contributed by atoms with Crippen LogP contribution in [0.5, 0.6) is 0 Å². The number of carbonyl (C=O) groups excluding carboxylic acids is 1. The smallest absolute Gasteiger partial charge is 0.234 e. The summed E-state index contributed by atoms with van der Waals surface area (Å²) in [6, 6.07) is -0.184. The first-order valence-corrected chi connectivity index (χ1v) is 6.76. The number of carbonyl (C=O) groups is 1. The van der Waals surface area contributed by atoms with Crippen LogP contribution in [0.3, 0.4) is 0 Å². The van der Waals surface area contributed by atoms with E-state index in [1.807, 2.05) is 0 Å². The first kappa shape index (κ1) is 16.4. The van der Waals surface area contributed by atoms with Gasteiger partial charge in [-0.2, -0.15) is 0 Å². The summed E-state index contributed by atoms with van der Waals surface area (Å²) in [5, 5.41) is 3.20. The first-order valence-electron chi connectivity index (χ1n) is 6.76. The van der Waals surface area contributed by atoms with E-state index in [0.717, 1.165) is 39.0 Å². The molecule has 0 aromatic carbocycles. The Morgan fingerprint density at radius 3 is 2.41 bits per heavy atom. The van der Waals surface area contributed by atoms with Crippen LogP contribution in [-0.4, -0.2) is 43.0 Å². The maximum atomic E-state index is 11.3. The van der Waals surface area contributed by atoms with Gasteiger partial charge in [0.15, 0.2) is 0 Å². The largest absolute Gasteiger partial charge is 0.368 e. The average Bonchev–Trinajstić information content (AvgIpc) is 2.26. The summed E-state index contributed by atoms with van der Waals surface area (Å²) < 4.78 is 0. The Labute approximate surface area is 106 Å². The van der Waals surface area contributed by atoms with Gasteiger partial charge in [0.25, 0.3) is 0 Å². The van der Waals surface area contributed by atoms with E-state index in [9.17, 15) is 4.79 Å². The van der Waals surface area contributed by atoms with Gasteiger partial charge < -0.3 is 16.0 Å². The van der Waals surface area contributed by atoms with Crippen molar-refractivity contribution >= 4 is 5.91 Å². The maximum Gasteiger partial charge on any atom is 0.234 e. The summed E-state index contributed by atoms with van der Waals surface area (Å²) in [6.45, 7) is 12.5. The van der Waals surface area contributed by atoms with Gasteiger partial charge in [-0.05, 0) is 31.8 Å². The van der Waals surface area contributed by atoms with Crippen molar-refractivity contribution in [1.82, 2.24) is 10.2 Å². The molecule has 4 heteroatoms. The Bertz CT molecular complexity index is 207. The van der Waals surface area contributed by atoms with Crippen molar-refractivity contribution in [3.05, 3.63) is 0 Å². The highest BCUT2D eigenvalue weighted by molar-refractivity contribution is 5.79. The van der Waals surface area contributed by atoms with Crippen LogP contribution >= 0.6 is 0 Å². The van der Waals surface area contributed by atoms with Gasteiger partial charge in [-0.1, -0.05) is 27.7 Å². The highest BCUT2D eigenvalue weighted by Gasteiger charge is 2.15. The maximum absolute atomic E-state index is 11.3. The quantitative estimate of drug-likeness (QED) is 0.606. The molecular weight excluding hydrogens is 214 g/mol. The molecule has 0 bridgehead atoms. The third kappa shape index (κ3) is 8.16. The summed E-state index contributed by atoms with van der Waals surface area (Å²) in [6.07, 6.45) is 1.82. The first-order chi connectivity index (χ1) is 8.01. The second-order valence-electron chi connectivity index (χ2n) is 4.98. The number of hydrogen-bond acceptors (Lipinski definition) is 3. The molecule has 0 aliphatic rings. The van der Waals surface area contributed by atoms with Crippen LogP contribution in [0.15, 0.2) is 0 Å². The Morgan fingerprint density at radius 2 is 2.00 bits per heavy atom. The number of primary amides is 1. The highest BCUT2D eigenvalue weighted by Crippen LogP contribution is 2.01. The molecule has 0 aliphatic heterocycles. The molecule has 0 saturated carbocycles. The predicted octanol–water partition coefficient (Wildman–Crippen LogP) is 1.21. The number of nitrogens with zero attached hydrogens (tertiary/aromatic N) is 1. The van der Waals surface area contributed by atoms with E-state index >= 15 is 0 Å². The van der Waals surface area contributed by atoms with E-state index in [1.165, 1.54) is 0 Å². The summed E-state index contributed by atoms with van der Waals surface area (Å²) in [5.74, 6) is 0.421. The lowest BCUT2D eigenvalue weighted by atomic mass is 10.1. The minimum Gasteiger partial charge on any atom is -0.368 e. The lowest BCUT2D eigenvalue weighted by Gasteiger charge is -2.24. The summed E-state index contributed by atoms with van der Waals surface area (Å²) in [4.78, 5) is 13.6. The van der Waals surface area contributed by atoms with E-state index < -0.39 is 0 Å². The fourth-order valence-corrected chi connectivity index (χ4v) is 1.87. The van der Waals surface area contributed by atoms with E-state index in [1.54, 1.807) is 0 Å². The lowest BCUT2D eigenvalue weighted by Crippen LogP contribution is -2.44. The number of nitrogens with one attached hydrogen (secondary N) is 1. The van der Waals surface area contributed by atoms with Crippen LogP contribution in [0, 0.1) is 5.92 Å². The fraction of sp³-hybridized carbons (Fsp3) is 0.923. The third-order valence-corrected chi connectivity index (χ3v) is 2.79. The van der Waals surface area contributed by atoms with Gasteiger partial charge in [0.05, 0.1) is 6.04 Å². The van der Waals surface area contributed by atoms with Crippen molar-refractivity contribution in [3.63, 3.8) is 0 Å². The minimum absolute atomic E-state index is 0.184. The van der Waals surface area contributed by atoms with E-state index in [0.29, 0.717) is 5.92 Å². The summed E-state index contributed by atoms with van der Waals surface area (Å²) in [5.41, 5.74) is 5.39. The van der Waals surface area contributed by atoms with Gasteiger partial charge in [-0.15, -0.1) is 0 Å². The number of rotatable bonds is 10. The molecule has 0 spiro atoms. The lowest BCUT2D eigenvalue weighted by molar-refractivity contribution is -0.120. The van der Waals surface area contributed by atoms with Crippen LogP contribution in [-0.2, 0) is 4.79 Å². The molecule has 0 aliphatic carbocycles. The molecule has 4 nitrogen and oxygen atoms in total. The number of hydrogen-bond donors (Lipinski definition) is 2. The zero-order valence-corrected chi connectivity index (χ0v) is 11.8. The van der Waals surface area contributed by atoms with Gasteiger partial charge >= 0.3 is 0 Å². The van der Waals surface area contributed by atoms with Crippen LogP contribution in [0.4, 0.5) is 0 Å². The highest BCUT2D eigenvalue weighted by atomic mass is 16.1. The molecule has 102 valence electrons. The summed E-state index contributed by atoms with van der Waals surface area (Å²) >= 11 is 0. The Kier molecular flexibility index (Phi) is 9.09. The van der Waals surface area contributed by atoms with Crippen molar-refractivity contribution in [1.29, 1.82) is 0 Å². The average molecular weight is 243 g/mol. The fourth-order valence-electron chi connectivity index (χ4n) is 1.87. The van der Waals surface area contributed by atoms with Gasteiger partial charge in [0.1, 0.15) is 0 Å². The second kappa shape index (κ2) is 9.42. The molecule has 1 atom stereocenters. The minimum atomic E-state index is -0.237. The standard InChI is InChI=1S/C13H29N3O/c1-5-8-15-12(13(14)17)7-9-16(6-2)10-11(3)4/h11-12,15H,5-10H2,1-4H3,(H2,14,17). The Morgan fingerprint density at radius 1 is 1.35 bits per heavy atom. The van der Waals surface area contributed by atoms with Crippen molar-refractivity contribution in [2.45, 2.75) is 46.6 Å². The van der Waals surface area contributed by atoms with Gasteiger partial charge in [0.2, 0.25) is 5.91 Å². The monoisotopic (exact) mass is 243 g/mol. The molecule has 0 radical (unpaired) electrons. The number of amides is 1. The van der Waals surface area contributed by atoms with Crippen molar-refractivity contribution in [2.24, 2.45) is 11.7 Å². The SMILES string of the molecule is CCCNC(CCN(CC)CC(C)C)C(N)=O. The van der Waals surface area contributed by atoms with Crippen molar-refractivity contribution in [2.75, 3.05) is 26.2 Å². The van der Waals surface area contributed by atoms with Gasteiger partial charge in [0, 0.05) is 13.1 Å². The molecule has 0 aromatic heterocycles. The Hall–Kier alpha value is -0.610. The Balaban J connectivity index is 4.03. The predicted molar refractivity (Wildman–Crippen MR) is 72.8 cm³/mol. The molecule has 0 heterocycles. The van der Waals surface area contributed by atoms with E-state index in [-0.39, 0.29) is 11.9 Å². The van der Waals surface area contributed by atoms with Crippen LogP contribution in [0.25, 0.3) is 0 Å². The van der Waals surface area contributed by atoms with Gasteiger partial charge in [-0.25, -0.2) is 0 Å². The molecule has 1 amide bonds.